The normalized spacial score (nSPS) is 15.4. The fourth-order valence-corrected chi connectivity index (χ4v) is 3.45. The number of ether oxygens (including phenoxy) is 3. The van der Waals surface area contributed by atoms with Crippen molar-refractivity contribution in [1.82, 2.24) is 0 Å². The molecule has 230 valence electrons. The Labute approximate surface area is 220 Å². The summed E-state index contributed by atoms with van der Waals surface area (Å²) in [6.45, 7) is 10.6. The molecule has 0 aromatic carbocycles. The predicted octanol–water partition coefficient (Wildman–Crippen LogP) is 7.09. The number of alkyl halides is 9. The van der Waals surface area contributed by atoms with Crippen molar-refractivity contribution in [2.75, 3.05) is 13.4 Å². The van der Waals surface area contributed by atoms with E-state index in [0.717, 1.165) is 6.42 Å². The molecule has 0 aromatic rings. The molecule has 0 fully saturated rings. The summed E-state index contributed by atoms with van der Waals surface area (Å²) in [6.07, 6.45) is -8.87. The second-order valence-corrected chi connectivity index (χ2v) is 10.8. The number of esters is 3. The Morgan fingerprint density at radius 3 is 1.59 bits per heavy atom. The molecule has 0 saturated carbocycles. The molecule has 0 rings (SSSR count). The molecule has 0 aliphatic carbocycles. The zero-order valence-corrected chi connectivity index (χ0v) is 22.8. The van der Waals surface area contributed by atoms with E-state index in [1.807, 2.05) is 41.5 Å². The molecule has 0 radical (unpaired) electrons. The van der Waals surface area contributed by atoms with Crippen LogP contribution in [0.2, 0.25) is 0 Å². The molecule has 0 bridgehead atoms. The van der Waals surface area contributed by atoms with E-state index in [2.05, 4.69) is 9.47 Å². The minimum Gasteiger partial charge on any atom is -0.465 e. The van der Waals surface area contributed by atoms with E-state index in [9.17, 15) is 53.9 Å². The van der Waals surface area contributed by atoms with Gasteiger partial charge in [0.2, 0.25) is 6.79 Å². The van der Waals surface area contributed by atoms with Gasteiger partial charge in [0.05, 0.1) is 18.4 Å². The van der Waals surface area contributed by atoms with Crippen molar-refractivity contribution in [3.05, 3.63) is 0 Å². The first-order valence-corrected chi connectivity index (χ1v) is 11.9. The first kappa shape index (κ1) is 36.8. The quantitative estimate of drug-likeness (QED) is 0.0877. The second kappa shape index (κ2) is 12.5. The van der Waals surface area contributed by atoms with Gasteiger partial charge in [-0.15, -0.1) is 0 Å². The van der Waals surface area contributed by atoms with E-state index < -0.39 is 78.9 Å². The number of hydrogen-bond acceptors (Lipinski definition) is 6. The lowest BCUT2D eigenvalue weighted by molar-refractivity contribution is -0.397. The first-order valence-electron chi connectivity index (χ1n) is 11.9. The van der Waals surface area contributed by atoms with Gasteiger partial charge in [0.15, 0.2) is 0 Å². The Kier molecular flexibility index (Phi) is 11.8. The van der Waals surface area contributed by atoms with Crippen molar-refractivity contribution in [1.29, 1.82) is 0 Å². The maximum absolute atomic E-state index is 13.5. The zero-order chi connectivity index (χ0) is 31.3. The topological polar surface area (TPSA) is 78.9 Å². The molecule has 1 atom stereocenters. The molecule has 0 N–H and O–H groups in total. The van der Waals surface area contributed by atoms with Gasteiger partial charge < -0.3 is 14.2 Å². The maximum atomic E-state index is 13.5. The summed E-state index contributed by atoms with van der Waals surface area (Å²) >= 11 is 0. The average molecular weight is 591 g/mol. The van der Waals surface area contributed by atoms with E-state index in [1.54, 1.807) is 6.92 Å². The Balaban J connectivity index is 4.98. The fourth-order valence-electron chi connectivity index (χ4n) is 3.45. The highest BCUT2D eigenvalue weighted by molar-refractivity contribution is 5.91. The van der Waals surface area contributed by atoms with E-state index in [4.69, 9.17) is 4.74 Å². The Bertz CT molecular complexity index is 869. The predicted molar refractivity (Wildman–Crippen MR) is 119 cm³/mol. The van der Waals surface area contributed by atoms with Crippen LogP contribution in [0.3, 0.4) is 0 Å². The summed E-state index contributed by atoms with van der Waals surface area (Å²) in [4.78, 5) is 36.3. The van der Waals surface area contributed by atoms with E-state index in [-0.39, 0.29) is 5.41 Å². The highest BCUT2D eigenvalue weighted by Gasteiger charge is 2.81. The van der Waals surface area contributed by atoms with Gasteiger partial charge in [-0.3, -0.25) is 14.4 Å². The molecule has 6 nitrogen and oxygen atoms in total. The third kappa shape index (κ3) is 8.63. The summed E-state index contributed by atoms with van der Waals surface area (Å²) in [6, 6.07) is 0. The molecule has 0 aliphatic rings. The third-order valence-corrected chi connectivity index (χ3v) is 7.20. The van der Waals surface area contributed by atoms with Crippen LogP contribution in [0.5, 0.6) is 0 Å². The van der Waals surface area contributed by atoms with E-state index >= 15 is 0 Å². The highest BCUT2D eigenvalue weighted by atomic mass is 19.4. The van der Waals surface area contributed by atoms with Crippen LogP contribution in [-0.4, -0.2) is 55.3 Å². The fraction of sp³-hybridized carbons (Fsp3) is 0.875. The highest BCUT2D eigenvalue weighted by Crippen LogP contribution is 2.54. The molecule has 0 aromatic heterocycles. The van der Waals surface area contributed by atoms with Gasteiger partial charge in [-0.05, 0) is 30.6 Å². The Hall–Kier alpha value is -2.22. The average Bonchev–Trinajstić information content (AvgIpc) is 2.77. The van der Waals surface area contributed by atoms with Crippen molar-refractivity contribution in [3.63, 3.8) is 0 Å². The lowest BCUT2D eigenvalue weighted by atomic mass is 9.58. The van der Waals surface area contributed by atoms with Gasteiger partial charge in [0.25, 0.3) is 0 Å². The van der Waals surface area contributed by atoms with Crippen LogP contribution in [0.25, 0.3) is 0 Å². The van der Waals surface area contributed by atoms with Crippen LogP contribution in [0.15, 0.2) is 0 Å². The molecule has 0 spiro atoms. The molecule has 0 saturated heterocycles. The molecule has 15 heteroatoms. The molecule has 39 heavy (non-hydrogen) atoms. The number of rotatable bonds is 15. The number of halogens is 9. The third-order valence-electron chi connectivity index (χ3n) is 7.20. The molecule has 0 heterocycles. The van der Waals surface area contributed by atoms with Crippen molar-refractivity contribution in [2.45, 2.75) is 105 Å². The summed E-state index contributed by atoms with van der Waals surface area (Å²) in [5.41, 5.74) is -1.79. The monoisotopic (exact) mass is 590 g/mol. The summed E-state index contributed by atoms with van der Waals surface area (Å²) in [7, 11) is 0. The number of carbonyl (C=O) groups is 3. The Morgan fingerprint density at radius 1 is 0.667 bits per heavy atom. The van der Waals surface area contributed by atoms with Gasteiger partial charge in [-0.2, -0.15) is 39.5 Å². The molecule has 1 unspecified atom stereocenters. The van der Waals surface area contributed by atoms with Crippen LogP contribution in [0.1, 0.15) is 80.6 Å². The van der Waals surface area contributed by atoms with Crippen LogP contribution >= 0.6 is 0 Å². The summed E-state index contributed by atoms with van der Waals surface area (Å²) < 4.78 is 129. The standard InChI is InChI=1S/C24H35F9O6/c1-8-18(3,4)13-20(7,19(5,6)9-2)17(36)39-14-38-16(35)12-15(34)37-11-10-21(25,26)22(27,28)23(29,30)24(31,32)33/h8-14H2,1-7H3. The molecule has 0 amide bonds. The zero-order valence-electron chi connectivity index (χ0n) is 22.8. The molecular weight excluding hydrogens is 555 g/mol. The van der Waals surface area contributed by atoms with Gasteiger partial charge in [0, 0.05) is 0 Å². The number of hydrogen-bond donors (Lipinski definition) is 0. The van der Waals surface area contributed by atoms with Gasteiger partial charge in [-0.1, -0.05) is 48.0 Å². The lowest BCUT2D eigenvalue weighted by Gasteiger charge is -2.45. The van der Waals surface area contributed by atoms with Gasteiger partial charge in [-0.25, -0.2) is 0 Å². The lowest BCUT2D eigenvalue weighted by Crippen LogP contribution is -2.61. The van der Waals surface area contributed by atoms with Crippen molar-refractivity contribution >= 4 is 17.9 Å². The van der Waals surface area contributed by atoms with Crippen LogP contribution < -0.4 is 0 Å². The van der Waals surface area contributed by atoms with E-state index in [0.29, 0.717) is 12.8 Å². The van der Waals surface area contributed by atoms with Gasteiger partial charge in [0.1, 0.15) is 6.42 Å². The minimum atomic E-state index is -7.07. The smallest absolute Gasteiger partial charge is 0.460 e. The second-order valence-electron chi connectivity index (χ2n) is 10.8. The summed E-state index contributed by atoms with van der Waals surface area (Å²) in [5.74, 6) is -23.5. The maximum Gasteiger partial charge on any atom is 0.460 e. The van der Waals surface area contributed by atoms with Gasteiger partial charge >= 0.3 is 41.9 Å². The molecule has 0 aliphatic heterocycles. The summed E-state index contributed by atoms with van der Waals surface area (Å²) in [5, 5.41) is 0. The van der Waals surface area contributed by atoms with Crippen LogP contribution in [0.4, 0.5) is 39.5 Å². The largest absolute Gasteiger partial charge is 0.465 e. The Morgan fingerprint density at radius 2 is 1.15 bits per heavy atom. The van der Waals surface area contributed by atoms with Crippen molar-refractivity contribution < 1.29 is 68.1 Å². The van der Waals surface area contributed by atoms with Crippen LogP contribution in [0, 0.1) is 16.2 Å². The minimum absolute atomic E-state index is 0.246. The molecular formula is C24H35F9O6. The van der Waals surface area contributed by atoms with Crippen molar-refractivity contribution in [3.8, 4) is 0 Å². The SMILES string of the molecule is CCC(C)(C)CC(C)(C(=O)OCOC(=O)CC(=O)OCCC(F)(F)C(F)(F)C(F)(F)C(F)(F)F)C(C)(C)CC. The number of carbonyl (C=O) groups excluding carboxylic acids is 3. The van der Waals surface area contributed by atoms with E-state index in [1.165, 1.54) is 0 Å². The first-order chi connectivity index (χ1) is 17.2. The van der Waals surface area contributed by atoms with Crippen molar-refractivity contribution in [2.24, 2.45) is 16.2 Å². The van der Waals surface area contributed by atoms with Crippen LogP contribution in [-0.2, 0) is 28.6 Å².